The first-order valence-electron chi connectivity index (χ1n) is 5.53. The van der Waals surface area contributed by atoms with E-state index in [1.54, 1.807) is 6.07 Å². The van der Waals surface area contributed by atoms with Gasteiger partial charge in [0, 0.05) is 10.0 Å². The van der Waals surface area contributed by atoms with Gasteiger partial charge in [0.2, 0.25) is 0 Å². The minimum atomic E-state index is 0.685. The third kappa shape index (κ3) is 5.02. The lowest BCUT2D eigenvalue weighted by molar-refractivity contribution is 0.726. The first-order chi connectivity index (χ1) is 7.74. The van der Waals surface area contributed by atoms with Crippen molar-refractivity contribution in [1.82, 2.24) is 5.32 Å². The van der Waals surface area contributed by atoms with Crippen molar-refractivity contribution in [2.24, 2.45) is 0 Å². The molecule has 88 valence electrons. The van der Waals surface area contributed by atoms with Crippen LogP contribution in [-0.4, -0.2) is 13.1 Å². The molecule has 0 aliphatic heterocycles. The molecule has 0 aromatic heterocycles. The second-order valence-electron chi connectivity index (χ2n) is 3.55. The Hall–Kier alpha value is -0.500. The van der Waals surface area contributed by atoms with Crippen molar-refractivity contribution in [2.45, 2.75) is 19.8 Å². The van der Waals surface area contributed by atoms with Gasteiger partial charge in [-0.1, -0.05) is 48.3 Å². The summed E-state index contributed by atoms with van der Waals surface area (Å²) in [5.74, 6) is 0. The maximum atomic E-state index is 6.06. The zero-order chi connectivity index (χ0) is 11.8. The molecule has 0 aliphatic carbocycles. The smallest absolute Gasteiger partial charge is 0.0455 e. The SMILES string of the molecule is CCNCCC=CCc1ccc(Cl)cc1Cl. The molecule has 0 atom stereocenters. The quantitative estimate of drug-likeness (QED) is 0.598. The van der Waals surface area contributed by atoms with Crippen LogP contribution in [0.5, 0.6) is 0 Å². The van der Waals surface area contributed by atoms with E-state index in [2.05, 4.69) is 24.4 Å². The lowest BCUT2D eigenvalue weighted by Gasteiger charge is -2.01. The van der Waals surface area contributed by atoms with Gasteiger partial charge in [0.25, 0.3) is 0 Å². The van der Waals surface area contributed by atoms with E-state index >= 15 is 0 Å². The van der Waals surface area contributed by atoms with Crippen LogP contribution in [0.15, 0.2) is 30.4 Å². The zero-order valence-corrected chi connectivity index (χ0v) is 11.0. The number of hydrogen-bond acceptors (Lipinski definition) is 1. The Labute approximate surface area is 107 Å². The van der Waals surface area contributed by atoms with Gasteiger partial charge in [0.05, 0.1) is 0 Å². The summed E-state index contributed by atoms with van der Waals surface area (Å²) in [5.41, 5.74) is 1.12. The van der Waals surface area contributed by atoms with Crippen LogP contribution in [-0.2, 0) is 6.42 Å². The van der Waals surface area contributed by atoms with Gasteiger partial charge in [-0.15, -0.1) is 0 Å². The predicted molar refractivity (Wildman–Crippen MR) is 72.5 cm³/mol. The highest BCUT2D eigenvalue weighted by Gasteiger charge is 1.98. The van der Waals surface area contributed by atoms with E-state index in [4.69, 9.17) is 23.2 Å². The van der Waals surface area contributed by atoms with E-state index in [0.717, 1.165) is 36.5 Å². The molecule has 0 heterocycles. The maximum absolute atomic E-state index is 6.06. The molecule has 1 rings (SSSR count). The molecule has 0 aliphatic rings. The summed E-state index contributed by atoms with van der Waals surface area (Å²) in [7, 11) is 0. The minimum absolute atomic E-state index is 0.685. The van der Waals surface area contributed by atoms with Crippen LogP contribution in [0, 0.1) is 0 Å². The first-order valence-corrected chi connectivity index (χ1v) is 6.29. The minimum Gasteiger partial charge on any atom is -0.317 e. The summed E-state index contributed by atoms with van der Waals surface area (Å²) in [6.07, 6.45) is 6.24. The Morgan fingerprint density at radius 3 is 2.75 bits per heavy atom. The van der Waals surface area contributed by atoms with Crippen molar-refractivity contribution >= 4 is 23.2 Å². The molecule has 0 unspecified atom stereocenters. The number of nitrogens with one attached hydrogen (secondary N) is 1. The normalized spacial score (nSPS) is 11.2. The molecule has 0 saturated heterocycles. The Morgan fingerprint density at radius 1 is 1.25 bits per heavy atom. The largest absolute Gasteiger partial charge is 0.317 e. The van der Waals surface area contributed by atoms with Crippen LogP contribution in [0.3, 0.4) is 0 Å². The first kappa shape index (κ1) is 13.6. The van der Waals surface area contributed by atoms with Crippen molar-refractivity contribution < 1.29 is 0 Å². The van der Waals surface area contributed by atoms with Crippen molar-refractivity contribution in [3.05, 3.63) is 46.0 Å². The predicted octanol–water partition coefficient (Wildman–Crippen LogP) is 4.09. The standard InChI is InChI=1S/C13H17Cl2N/c1-2-16-9-5-3-4-6-11-7-8-12(14)10-13(11)15/h3-4,7-8,10,16H,2,5-6,9H2,1H3. The van der Waals surface area contributed by atoms with Gasteiger partial charge >= 0.3 is 0 Å². The topological polar surface area (TPSA) is 12.0 Å². The molecule has 0 amide bonds. The second kappa shape index (κ2) is 7.72. The molecular formula is C13H17Cl2N. The van der Waals surface area contributed by atoms with Crippen molar-refractivity contribution in [1.29, 1.82) is 0 Å². The third-order valence-electron chi connectivity index (χ3n) is 2.26. The molecule has 0 fully saturated rings. The van der Waals surface area contributed by atoms with Gasteiger partial charge in [-0.25, -0.2) is 0 Å². The molecule has 1 aromatic rings. The van der Waals surface area contributed by atoms with Crippen LogP contribution in [0.4, 0.5) is 0 Å². The average molecular weight is 258 g/mol. The van der Waals surface area contributed by atoms with Crippen molar-refractivity contribution in [2.75, 3.05) is 13.1 Å². The van der Waals surface area contributed by atoms with Gasteiger partial charge in [-0.3, -0.25) is 0 Å². The molecule has 1 N–H and O–H groups in total. The summed E-state index contributed by atoms with van der Waals surface area (Å²) < 4.78 is 0. The van der Waals surface area contributed by atoms with Gasteiger partial charge in [0.15, 0.2) is 0 Å². The third-order valence-corrected chi connectivity index (χ3v) is 2.84. The van der Waals surface area contributed by atoms with Crippen LogP contribution < -0.4 is 5.32 Å². The molecule has 0 bridgehead atoms. The number of rotatable bonds is 6. The van der Waals surface area contributed by atoms with E-state index in [9.17, 15) is 0 Å². The van der Waals surface area contributed by atoms with Gasteiger partial charge in [-0.05, 0) is 43.6 Å². The molecule has 1 nitrogen and oxygen atoms in total. The molecule has 0 radical (unpaired) electrons. The number of allylic oxidation sites excluding steroid dienone is 1. The number of benzene rings is 1. The summed E-state index contributed by atoms with van der Waals surface area (Å²) in [5, 5.41) is 4.70. The van der Waals surface area contributed by atoms with E-state index in [0.29, 0.717) is 5.02 Å². The van der Waals surface area contributed by atoms with E-state index in [1.807, 2.05) is 12.1 Å². The molecule has 3 heteroatoms. The lowest BCUT2D eigenvalue weighted by Crippen LogP contribution is -2.12. The average Bonchev–Trinajstić information content (AvgIpc) is 2.26. The Bertz CT molecular complexity index is 348. The zero-order valence-electron chi connectivity index (χ0n) is 9.47. The van der Waals surface area contributed by atoms with Gasteiger partial charge in [0.1, 0.15) is 0 Å². The van der Waals surface area contributed by atoms with Crippen molar-refractivity contribution in [3.63, 3.8) is 0 Å². The highest BCUT2D eigenvalue weighted by atomic mass is 35.5. The number of halogens is 2. The fourth-order valence-corrected chi connectivity index (χ4v) is 1.86. The van der Waals surface area contributed by atoms with Crippen LogP contribution >= 0.6 is 23.2 Å². The van der Waals surface area contributed by atoms with Crippen LogP contribution in [0.25, 0.3) is 0 Å². The summed E-state index contributed by atoms with van der Waals surface area (Å²) >= 11 is 11.9. The van der Waals surface area contributed by atoms with Gasteiger partial charge in [-0.2, -0.15) is 0 Å². The monoisotopic (exact) mass is 257 g/mol. The van der Waals surface area contributed by atoms with Crippen LogP contribution in [0.1, 0.15) is 18.9 Å². The van der Waals surface area contributed by atoms with Gasteiger partial charge < -0.3 is 5.32 Å². The molecule has 1 aromatic carbocycles. The van der Waals surface area contributed by atoms with E-state index < -0.39 is 0 Å². The van der Waals surface area contributed by atoms with Crippen LogP contribution in [0.2, 0.25) is 10.0 Å². The lowest BCUT2D eigenvalue weighted by atomic mass is 10.1. The van der Waals surface area contributed by atoms with E-state index in [1.165, 1.54) is 0 Å². The molecule has 0 spiro atoms. The second-order valence-corrected chi connectivity index (χ2v) is 4.40. The highest BCUT2D eigenvalue weighted by Crippen LogP contribution is 2.21. The van der Waals surface area contributed by atoms with E-state index in [-0.39, 0.29) is 0 Å². The number of hydrogen-bond donors (Lipinski definition) is 1. The molecule has 16 heavy (non-hydrogen) atoms. The fraction of sp³-hybridized carbons (Fsp3) is 0.385. The maximum Gasteiger partial charge on any atom is 0.0455 e. The highest BCUT2D eigenvalue weighted by molar-refractivity contribution is 6.35. The Balaban J connectivity index is 2.36. The Kier molecular flexibility index (Phi) is 6.55. The molecule has 0 saturated carbocycles. The molecular weight excluding hydrogens is 241 g/mol. The fourth-order valence-electron chi connectivity index (χ4n) is 1.38. The summed E-state index contributed by atoms with van der Waals surface area (Å²) in [6.45, 7) is 4.16. The van der Waals surface area contributed by atoms with Crippen molar-refractivity contribution in [3.8, 4) is 0 Å². The summed E-state index contributed by atoms with van der Waals surface area (Å²) in [4.78, 5) is 0. The summed E-state index contributed by atoms with van der Waals surface area (Å²) in [6, 6.07) is 5.62. The Morgan fingerprint density at radius 2 is 2.06 bits per heavy atom.